The lowest BCUT2D eigenvalue weighted by atomic mass is 10.3. The molecule has 1 aromatic carbocycles. The molecule has 3 rings (SSSR count). The molecule has 0 bridgehead atoms. The lowest BCUT2D eigenvalue weighted by Gasteiger charge is -2.15. The van der Waals surface area contributed by atoms with Gasteiger partial charge in [0, 0.05) is 26.8 Å². The Morgan fingerprint density at radius 2 is 1.76 bits per heavy atom. The maximum atomic E-state index is 12.1. The molecule has 0 aliphatic heterocycles. The molecular formula is C14H15N5O2. The van der Waals surface area contributed by atoms with Crippen LogP contribution in [0.1, 0.15) is 0 Å². The van der Waals surface area contributed by atoms with E-state index in [2.05, 4.69) is 9.97 Å². The predicted molar refractivity (Wildman–Crippen MR) is 81.1 cm³/mol. The van der Waals surface area contributed by atoms with Crippen LogP contribution in [0.4, 0.5) is 11.6 Å². The van der Waals surface area contributed by atoms with Crippen LogP contribution in [0, 0.1) is 0 Å². The normalized spacial score (nSPS) is 11.0. The number of aromatic amines is 1. The Morgan fingerprint density at radius 1 is 1.10 bits per heavy atom. The van der Waals surface area contributed by atoms with E-state index in [-0.39, 0.29) is 5.56 Å². The third-order valence-corrected chi connectivity index (χ3v) is 3.54. The second-order valence-corrected chi connectivity index (χ2v) is 4.86. The highest BCUT2D eigenvalue weighted by molar-refractivity contribution is 5.74. The van der Waals surface area contributed by atoms with Crippen LogP contribution in [-0.4, -0.2) is 26.1 Å². The third kappa shape index (κ3) is 1.94. The maximum Gasteiger partial charge on any atom is 0.332 e. The zero-order valence-electron chi connectivity index (χ0n) is 12.0. The van der Waals surface area contributed by atoms with Crippen molar-refractivity contribution in [3.8, 4) is 0 Å². The van der Waals surface area contributed by atoms with Gasteiger partial charge in [-0.15, -0.1) is 0 Å². The molecule has 0 atom stereocenters. The standard InChI is InChI=1S/C14H15N5O2/c1-17(9-7-5-4-6-8-9)13-15-10-11(16-13)18(2)14(21)19(3)12(10)20/h4-8H,1-3H3,(H,15,16). The van der Waals surface area contributed by atoms with E-state index in [0.29, 0.717) is 17.1 Å². The lowest BCUT2D eigenvalue weighted by Crippen LogP contribution is -2.36. The number of anilines is 2. The molecule has 0 saturated heterocycles. The number of rotatable bonds is 2. The molecule has 0 aliphatic carbocycles. The molecule has 1 N–H and O–H groups in total. The van der Waals surface area contributed by atoms with Gasteiger partial charge in [0.25, 0.3) is 5.56 Å². The van der Waals surface area contributed by atoms with Gasteiger partial charge in [-0.05, 0) is 12.1 Å². The van der Waals surface area contributed by atoms with Crippen molar-refractivity contribution in [2.24, 2.45) is 14.1 Å². The van der Waals surface area contributed by atoms with Crippen molar-refractivity contribution in [1.82, 2.24) is 19.1 Å². The number of para-hydroxylation sites is 1. The van der Waals surface area contributed by atoms with Crippen LogP contribution < -0.4 is 16.1 Å². The van der Waals surface area contributed by atoms with Crippen LogP contribution in [0.15, 0.2) is 39.9 Å². The van der Waals surface area contributed by atoms with Gasteiger partial charge in [0.2, 0.25) is 5.95 Å². The van der Waals surface area contributed by atoms with Crippen molar-refractivity contribution in [3.05, 3.63) is 51.2 Å². The number of benzene rings is 1. The SMILES string of the molecule is CN(c1ccccc1)c1nc2c([nH]1)c(=O)n(C)c(=O)n2C. The van der Waals surface area contributed by atoms with Gasteiger partial charge in [0.15, 0.2) is 11.2 Å². The highest BCUT2D eigenvalue weighted by Crippen LogP contribution is 2.21. The molecule has 0 aliphatic rings. The highest BCUT2D eigenvalue weighted by Gasteiger charge is 2.15. The van der Waals surface area contributed by atoms with Gasteiger partial charge in [-0.1, -0.05) is 18.2 Å². The summed E-state index contributed by atoms with van der Waals surface area (Å²) < 4.78 is 2.42. The number of H-pyrrole nitrogens is 1. The number of hydrogen-bond acceptors (Lipinski definition) is 4. The van der Waals surface area contributed by atoms with Gasteiger partial charge in [-0.25, -0.2) is 4.79 Å². The second-order valence-electron chi connectivity index (χ2n) is 4.86. The van der Waals surface area contributed by atoms with Crippen LogP contribution in [-0.2, 0) is 14.1 Å². The number of fused-ring (bicyclic) bond motifs is 1. The van der Waals surface area contributed by atoms with Crippen LogP contribution in [0.25, 0.3) is 11.2 Å². The third-order valence-electron chi connectivity index (χ3n) is 3.54. The number of aryl methyl sites for hydroxylation is 1. The van der Waals surface area contributed by atoms with E-state index in [4.69, 9.17) is 0 Å². The largest absolute Gasteiger partial charge is 0.332 e. The zero-order chi connectivity index (χ0) is 15.1. The summed E-state index contributed by atoms with van der Waals surface area (Å²) >= 11 is 0. The minimum Gasteiger partial charge on any atom is -0.318 e. The molecule has 108 valence electrons. The Bertz CT molecular complexity index is 920. The number of aromatic nitrogens is 4. The summed E-state index contributed by atoms with van der Waals surface area (Å²) in [5, 5.41) is 0. The minimum atomic E-state index is -0.395. The van der Waals surface area contributed by atoms with E-state index in [9.17, 15) is 9.59 Å². The molecule has 0 radical (unpaired) electrons. The summed E-state index contributed by atoms with van der Waals surface area (Å²) in [6.07, 6.45) is 0. The first kappa shape index (κ1) is 13.2. The molecule has 7 heteroatoms. The van der Waals surface area contributed by atoms with E-state index in [1.54, 1.807) is 7.05 Å². The number of nitrogens with zero attached hydrogens (tertiary/aromatic N) is 4. The fraction of sp³-hybridized carbons (Fsp3) is 0.214. The Kier molecular flexibility index (Phi) is 2.90. The van der Waals surface area contributed by atoms with Gasteiger partial charge in [0.05, 0.1) is 0 Å². The molecule has 0 fully saturated rings. The number of hydrogen-bond donors (Lipinski definition) is 1. The minimum absolute atomic E-state index is 0.317. The van der Waals surface area contributed by atoms with Gasteiger partial charge in [-0.3, -0.25) is 13.9 Å². The van der Waals surface area contributed by atoms with Crippen LogP contribution >= 0.6 is 0 Å². The number of imidazole rings is 1. The fourth-order valence-electron chi connectivity index (χ4n) is 2.25. The summed E-state index contributed by atoms with van der Waals surface area (Å²) in [7, 11) is 4.89. The molecule has 0 unspecified atom stereocenters. The number of nitrogens with one attached hydrogen (secondary N) is 1. The maximum absolute atomic E-state index is 12.1. The van der Waals surface area contributed by atoms with Crippen molar-refractivity contribution in [1.29, 1.82) is 0 Å². The summed E-state index contributed by atoms with van der Waals surface area (Å²) in [6.45, 7) is 0. The lowest BCUT2D eigenvalue weighted by molar-refractivity contribution is 0.709. The molecule has 2 heterocycles. The molecule has 0 spiro atoms. The summed E-state index contributed by atoms with van der Waals surface area (Å²) in [4.78, 5) is 33.2. The molecule has 3 aromatic rings. The quantitative estimate of drug-likeness (QED) is 0.753. The van der Waals surface area contributed by atoms with Gasteiger partial charge in [-0.2, -0.15) is 4.98 Å². The van der Waals surface area contributed by atoms with Crippen molar-refractivity contribution >= 4 is 22.8 Å². The Hall–Kier alpha value is -2.83. The van der Waals surface area contributed by atoms with Crippen LogP contribution in [0.5, 0.6) is 0 Å². The smallest absolute Gasteiger partial charge is 0.318 e. The second kappa shape index (κ2) is 4.62. The van der Waals surface area contributed by atoms with Crippen LogP contribution in [0.2, 0.25) is 0 Å². The molecule has 0 amide bonds. The van der Waals surface area contributed by atoms with Crippen molar-refractivity contribution < 1.29 is 0 Å². The van der Waals surface area contributed by atoms with Gasteiger partial charge in [0.1, 0.15) is 0 Å². The van der Waals surface area contributed by atoms with E-state index in [1.165, 1.54) is 11.6 Å². The molecular weight excluding hydrogens is 270 g/mol. The summed E-state index contributed by atoms with van der Waals surface area (Å²) in [5.41, 5.74) is 0.817. The zero-order valence-corrected chi connectivity index (χ0v) is 12.0. The Morgan fingerprint density at radius 3 is 2.43 bits per heavy atom. The van der Waals surface area contributed by atoms with Gasteiger partial charge >= 0.3 is 5.69 Å². The first-order valence-corrected chi connectivity index (χ1v) is 6.45. The first-order valence-electron chi connectivity index (χ1n) is 6.45. The first-order chi connectivity index (χ1) is 10.0. The monoisotopic (exact) mass is 285 g/mol. The van der Waals surface area contributed by atoms with Crippen molar-refractivity contribution in [2.45, 2.75) is 0 Å². The Labute approximate surface area is 120 Å². The predicted octanol–water partition coefficient (Wildman–Crippen LogP) is 0.728. The Balaban J connectivity index is 2.23. The van der Waals surface area contributed by atoms with Crippen molar-refractivity contribution in [2.75, 3.05) is 11.9 Å². The molecule has 0 saturated carbocycles. The summed E-state index contributed by atoms with van der Waals surface area (Å²) in [5.74, 6) is 0.509. The topological polar surface area (TPSA) is 75.9 Å². The van der Waals surface area contributed by atoms with Crippen molar-refractivity contribution in [3.63, 3.8) is 0 Å². The molecule has 7 nitrogen and oxygen atoms in total. The molecule has 21 heavy (non-hydrogen) atoms. The molecule has 2 aromatic heterocycles. The van der Waals surface area contributed by atoms with E-state index >= 15 is 0 Å². The van der Waals surface area contributed by atoms with Gasteiger partial charge < -0.3 is 9.88 Å². The van der Waals surface area contributed by atoms with E-state index < -0.39 is 5.69 Å². The van der Waals surface area contributed by atoms with Crippen LogP contribution in [0.3, 0.4) is 0 Å². The van der Waals surface area contributed by atoms with E-state index in [1.807, 2.05) is 42.3 Å². The van der Waals surface area contributed by atoms with E-state index in [0.717, 1.165) is 10.3 Å². The average molecular weight is 285 g/mol. The average Bonchev–Trinajstić information content (AvgIpc) is 2.96. The summed E-state index contributed by atoms with van der Waals surface area (Å²) in [6, 6.07) is 9.64. The fourth-order valence-corrected chi connectivity index (χ4v) is 2.25. The highest BCUT2D eigenvalue weighted by atomic mass is 16.2.